The molecule has 5 nitrogen and oxygen atoms in total. The predicted octanol–water partition coefficient (Wildman–Crippen LogP) is 3.09. The standard InChI is InChI=1S/C21H18N4O/c22-20-18-7-10-21(16-5-2-1-3-6-16,17-8-11-23-12-9-17)15-19(18)25(24-20)13-4-14-26/h1-14H,15H2,(H2,22,24). The van der Waals surface area contributed by atoms with Crippen molar-refractivity contribution in [1.29, 1.82) is 0 Å². The van der Waals surface area contributed by atoms with E-state index < -0.39 is 0 Å². The average molecular weight is 342 g/mol. The molecule has 1 atom stereocenters. The number of anilines is 1. The van der Waals surface area contributed by atoms with Crippen LogP contribution in [0.25, 0.3) is 12.3 Å². The second kappa shape index (κ2) is 6.44. The third kappa shape index (κ3) is 2.54. The van der Waals surface area contributed by atoms with Crippen LogP contribution in [0.4, 0.5) is 5.82 Å². The van der Waals surface area contributed by atoms with Crippen LogP contribution < -0.4 is 5.73 Å². The lowest BCUT2D eigenvalue weighted by Crippen LogP contribution is -2.31. The Bertz CT molecular complexity index is 948. The molecule has 4 rings (SSSR count). The highest BCUT2D eigenvalue weighted by atomic mass is 16.1. The van der Waals surface area contributed by atoms with Crippen LogP contribution in [-0.2, 0) is 16.6 Å². The van der Waals surface area contributed by atoms with Crippen LogP contribution in [0.1, 0.15) is 22.4 Å². The largest absolute Gasteiger partial charge is 0.382 e. The summed E-state index contributed by atoms with van der Waals surface area (Å²) < 4.78 is 1.70. The third-order valence-corrected chi connectivity index (χ3v) is 4.85. The number of benzene rings is 1. The summed E-state index contributed by atoms with van der Waals surface area (Å²) in [5.74, 6) is 0.461. The summed E-state index contributed by atoms with van der Waals surface area (Å²) in [6.45, 7) is 0. The molecule has 1 aromatic carbocycles. The molecule has 1 aliphatic rings. The van der Waals surface area contributed by atoms with Gasteiger partial charge in [-0.3, -0.25) is 9.78 Å². The van der Waals surface area contributed by atoms with Gasteiger partial charge in [-0.05, 0) is 29.3 Å². The number of hydrogen-bond acceptors (Lipinski definition) is 4. The quantitative estimate of drug-likeness (QED) is 0.584. The number of rotatable bonds is 4. The molecule has 0 bridgehead atoms. The molecule has 0 aliphatic heterocycles. The SMILES string of the molecule is Nc1nn(C=CC=O)c2c1C=CC(c1ccccc1)(c1ccncc1)C2. The Labute approximate surface area is 151 Å². The van der Waals surface area contributed by atoms with Gasteiger partial charge in [-0.25, -0.2) is 4.68 Å². The molecule has 0 spiro atoms. The number of carbonyl (C=O) groups excluding carboxylic acids is 1. The van der Waals surface area contributed by atoms with Crippen molar-refractivity contribution in [3.05, 3.63) is 89.4 Å². The minimum Gasteiger partial charge on any atom is -0.382 e. The number of hydrogen-bond donors (Lipinski definition) is 1. The first kappa shape index (κ1) is 16.0. The Hall–Kier alpha value is -3.47. The smallest absolute Gasteiger partial charge is 0.153 e. The summed E-state index contributed by atoms with van der Waals surface area (Å²) in [7, 11) is 0. The van der Waals surface area contributed by atoms with Gasteiger partial charge < -0.3 is 5.73 Å². The number of nitrogens with two attached hydrogens (primary N) is 1. The van der Waals surface area contributed by atoms with Crippen molar-refractivity contribution < 1.29 is 4.79 Å². The summed E-state index contributed by atoms with van der Waals surface area (Å²) in [5, 5.41) is 4.37. The first-order valence-corrected chi connectivity index (χ1v) is 8.39. The monoisotopic (exact) mass is 342 g/mol. The number of pyridine rings is 1. The van der Waals surface area contributed by atoms with E-state index in [1.807, 2.05) is 36.4 Å². The average Bonchev–Trinajstić information content (AvgIpc) is 3.02. The van der Waals surface area contributed by atoms with Crippen molar-refractivity contribution in [2.24, 2.45) is 0 Å². The van der Waals surface area contributed by atoms with Gasteiger partial charge >= 0.3 is 0 Å². The fourth-order valence-electron chi connectivity index (χ4n) is 3.60. The lowest BCUT2D eigenvalue weighted by Gasteiger charge is -2.34. The van der Waals surface area contributed by atoms with E-state index in [9.17, 15) is 4.79 Å². The van der Waals surface area contributed by atoms with Crippen LogP contribution in [0, 0.1) is 0 Å². The highest BCUT2D eigenvalue weighted by molar-refractivity contribution is 5.73. The lowest BCUT2D eigenvalue weighted by atomic mass is 9.69. The second-order valence-electron chi connectivity index (χ2n) is 6.25. The minimum atomic E-state index is -0.351. The maximum absolute atomic E-state index is 10.7. The van der Waals surface area contributed by atoms with Crippen LogP contribution >= 0.6 is 0 Å². The molecule has 2 N–H and O–H groups in total. The van der Waals surface area contributed by atoms with Gasteiger partial charge in [0, 0.05) is 36.0 Å². The van der Waals surface area contributed by atoms with Crippen molar-refractivity contribution in [2.45, 2.75) is 11.8 Å². The highest BCUT2D eigenvalue weighted by Gasteiger charge is 2.37. The molecule has 0 amide bonds. The Balaban J connectivity index is 1.92. The Morgan fingerprint density at radius 2 is 1.81 bits per heavy atom. The first-order valence-electron chi connectivity index (χ1n) is 8.39. The van der Waals surface area contributed by atoms with E-state index in [-0.39, 0.29) is 5.41 Å². The number of allylic oxidation sites excluding steroid dienone is 2. The second-order valence-corrected chi connectivity index (χ2v) is 6.25. The fourth-order valence-corrected chi connectivity index (χ4v) is 3.60. The van der Waals surface area contributed by atoms with Crippen molar-refractivity contribution in [3.8, 4) is 0 Å². The minimum absolute atomic E-state index is 0.351. The molecule has 1 unspecified atom stereocenters. The zero-order valence-corrected chi connectivity index (χ0v) is 14.1. The van der Waals surface area contributed by atoms with Gasteiger partial charge in [0.25, 0.3) is 0 Å². The Morgan fingerprint density at radius 1 is 1.08 bits per heavy atom. The van der Waals surface area contributed by atoms with E-state index in [0.29, 0.717) is 12.2 Å². The summed E-state index contributed by atoms with van der Waals surface area (Å²) in [6, 6.07) is 14.4. The molecule has 0 radical (unpaired) electrons. The summed E-state index contributed by atoms with van der Waals surface area (Å²) in [5.41, 5.74) is 9.94. The van der Waals surface area contributed by atoms with Crippen LogP contribution in [0.2, 0.25) is 0 Å². The molecule has 26 heavy (non-hydrogen) atoms. The normalized spacial score (nSPS) is 18.8. The Kier molecular flexibility index (Phi) is 3.97. The number of aldehydes is 1. The fraction of sp³-hybridized carbons (Fsp3) is 0.0952. The molecule has 2 aromatic heterocycles. The van der Waals surface area contributed by atoms with Gasteiger partial charge in [0.1, 0.15) is 6.29 Å². The van der Waals surface area contributed by atoms with Gasteiger partial charge in [0.15, 0.2) is 5.82 Å². The summed E-state index contributed by atoms with van der Waals surface area (Å²) >= 11 is 0. The number of aromatic nitrogens is 3. The number of nitrogens with zero attached hydrogens (tertiary/aromatic N) is 3. The molecular formula is C21H18N4O. The van der Waals surface area contributed by atoms with E-state index in [0.717, 1.165) is 23.1 Å². The van der Waals surface area contributed by atoms with Crippen molar-refractivity contribution in [1.82, 2.24) is 14.8 Å². The van der Waals surface area contributed by atoms with Gasteiger partial charge in [-0.2, -0.15) is 5.10 Å². The molecule has 128 valence electrons. The van der Waals surface area contributed by atoms with Gasteiger partial charge in [0.05, 0.1) is 5.69 Å². The van der Waals surface area contributed by atoms with E-state index in [2.05, 4.69) is 28.3 Å². The molecule has 3 aromatic rings. The predicted molar refractivity (Wildman–Crippen MR) is 102 cm³/mol. The van der Waals surface area contributed by atoms with Crippen LogP contribution in [-0.4, -0.2) is 21.1 Å². The molecule has 2 heterocycles. The molecular weight excluding hydrogens is 324 g/mol. The number of fused-ring (bicyclic) bond motifs is 1. The zero-order valence-electron chi connectivity index (χ0n) is 14.1. The highest BCUT2D eigenvalue weighted by Crippen LogP contribution is 2.42. The van der Waals surface area contributed by atoms with Crippen LogP contribution in [0.3, 0.4) is 0 Å². The lowest BCUT2D eigenvalue weighted by molar-refractivity contribution is -0.104. The van der Waals surface area contributed by atoms with Crippen molar-refractivity contribution in [2.75, 3.05) is 5.73 Å². The Morgan fingerprint density at radius 3 is 2.54 bits per heavy atom. The number of nitrogen functional groups attached to an aromatic ring is 1. The van der Waals surface area contributed by atoms with Gasteiger partial charge in [0.2, 0.25) is 0 Å². The summed E-state index contributed by atoms with van der Waals surface area (Å²) in [6.07, 6.45) is 12.3. The maximum atomic E-state index is 10.7. The maximum Gasteiger partial charge on any atom is 0.153 e. The molecule has 0 saturated carbocycles. The van der Waals surface area contributed by atoms with Crippen LogP contribution in [0.5, 0.6) is 0 Å². The van der Waals surface area contributed by atoms with Gasteiger partial charge in [-0.1, -0.05) is 42.5 Å². The van der Waals surface area contributed by atoms with Crippen molar-refractivity contribution >= 4 is 24.4 Å². The molecule has 0 fully saturated rings. The zero-order chi connectivity index (χ0) is 18.0. The molecule has 1 aliphatic carbocycles. The topological polar surface area (TPSA) is 73.8 Å². The van der Waals surface area contributed by atoms with E-state index in [1.165, 1.54) is 11.6 Å². The summed E-state index contributed by atoms with van der Waals surface area (Å²) in [4.78, 5) is 14.9. The first-order chi connectivity index (χ1) is 12.7. The van der Waals surface area contributed by atoms with Crippen LogP contribution in [0.15, 0.2) is 67.0 Å². The number of carbonyl (C=O) groups is 1. The molecule has 5 heteroatoms. The van der Waals surface area contributed by atoms with Crippen molar-refractivity contribution in [3.63, 3.8) is 0 Å². The third-order valence-electron chi connectivity index (χ3n) is 4.85. The molecule has 0 saturated heterocycles. The van der Waals surface area contributed by atoms with E-state index in [1.54, 1.807) is 23.3 Å². The van der Waals surface area contributed by atoms with E-state index >= 15 is 0 Å². The van der Waals surface area contributed by atoms with Gasteiger partial charge in [-0.15, -0.1) is 0 Å². The van der Waals surface area contributed by atoms with E-state index in [4.69, 9.17) is 5.73 Å².